The number of aliphatic hydroxyl groups is 2. The molecule has 2 N–H and O–H groups in total. The van der Waals surface area contributed by atoms with E-state index in [4.69, 9.17) is 0 Å². The van der Waals surface area contributed by atoms with E-state index in [1.807, 2.05) is 0 Å². The Hall–Kier alpha value is -0.410. The van der Waals surface area contributed by atoms with E-state index >= 15 is 0 Å². The molecule has 0 aromatic heterocycles. The lowest BCUT2D eigenvalue weighted by Crippen LogP contribution is -2.62. The average molecular weight is 320 g/mol. The van der Waals surface area contributed by atoms with Crippen molar-refractivity contribution in [2.75, 3.05) is 0 Å². The molecule has 4 saturated carbocycles. The summed E-state index contributed by atoms with van der Waals surface area (Å²) in [4.78, 5) is 11.4. The van der Waals surface area contributed by atoms with E-state index in [1.165, 1.54) is 12.8 Å². The topological polar surface area (TPSA) is 57.5 Å². The molecule has 3 unspecified atom stereocenters. The van der Waals surface area contributed by atoms with Crippen molar-refractivity contribution in [2.24, 2.45) is 34.5 Å². The normalized spacial score (nSPS) is 58.9. The van der Waals surface area contributed by atoms with Crippen molar-refractivity contribution < 1.29 is 15.0 Å². The van der Waals surface area contributed by atoms with Gasteiger partial charge in [-0.15, -0.1) is 0 Å². The number of hydrogen-bond donors (Lipinski definition) is 2. The highest BCUT2D eigenvalue weighted by Crippen LogP contribution is 2.67. The monoisotopic (exact) mass is 320 g/mol. The Morgan fingerprint density at radius 2 is 1.83 bits per heavy atom. The zero-order valence-corrected chi connectivity index (χ0v) is 14.6. The third-order valence-electron chi connectivity index (χ3n) is 8.91. The minimum Gasteiger partial charge on any atom is -0.392 e. The van der Waals surface area contributed by atoms with Crippen LogP contribution in [0, 0.1) is 34.5 Å². The molecular formula is C20H32O3. The highest BCUT2D eigenvalue weighted by atomic mass is 16.3. The van der Waals surface area contributed by atoms with Crippen LogP contribution in [0.25, 0.3) is 0 Å². The maximum Gasteiger partial charge on any atom is 0.125 e. The molecule has 3 nitrogen and oxygen atoms in total. The lowest BCUT2D eigenvalue weighted by molar-refractivity contribution is -0.207. The first-order valence-electron chi connectivity index (χ1n) is 9.70. The second kappa shape index (κ2) is 5.05. The van der Waals surface area contributed by atoms with Crippen LogP contribution in [-0.4, -0.2) is 28.2 Å². The summed E-state index contributed by atoms with van der Waals surface area (Å²) in [7, 11) is 0. The summed E-state index contributed by atoms with van der Waals surface area (Å²) < 4.78 is 0. The second-order valence-electron chi connectivity index (χ2n) is 9.68. The largest absolute Gasteiger partial charge is 0.392 e. The lowest BCUT2D eigenvalue weighted by atomic mass is 9.43. The maximum absolute atomic E-state index is 11.6. The number of carbonyl (C=O) groups excluding carboxylic acids is 1. The zero-order chi connectivity index (χ0) is 16.5. The molecular weight excluding hydrogens is 288 g/mol. The molecule has 4 aliphatic carbocycles. The quantitative estimate of drug-likeness (QED) is 0.729. The Bertz CT molecular complexity index is 505. The van der Waals surface area contributed by atoms with Gasteiger partial charge >= 0.3 is 0 Å². The molecule has 0 aromatic rings. The van der Waals surface area contributed by atoms with Crippen LogP contribution in [0.2, 0.25) is 0 Å². The van der Waals surface area contributed by atoms with Crippen LogP contribution in [0.15, 0.2) is 0 Å². The molecule has 0 aliphatic heterocycles. The van der Waals surface area contributed by atoms with Crippen LogP contribution in [0.4, 0.5) is 0 Å². The smallest absolute Gasteiger partial charge is 0.125 e. The first-order chi connectivity index (χ1) is 10.8. The van der Waals surface area contributed by atoms with Crippen molar-refractivity contribution in [2.45, 2.75) is 83.3 Å². The SMILES string of the molecule is C[C@@]12CCC[C@@]1(O)[C@@H]1CCC3CC(O)C(C=O)C[C@]3(C)[C@@H]1CC2. The molecule has 0 saturated heterocycles. The lowest BCUT2D eigenvalue weighted by Gasteiger charge is -2.63. The maximum atomic E-state index is 11.6. The molecule has 8 atom stereocenters. The standard InChI is InChI=1S/C20H32O3/c1-18-7-3-8-20(18,23)16-5-4-14-10-17(22)13(12-21)11-19(14,2)15(16)6-9-18/h12-17,22-23H,3-11H2,1-2H3/t13?,14?,15-,16-,17?,18+,19+,20-/m1/s1. The second-order valence-corrected chi connectivity index (χ2v) is 9.68. The number of carbonyl (C=O) groups is 1. The van der Waals surface area contributed by atoms with Gasteiger partial charge in [-0.1, -0.05) is 13.8 Å². The Balaban J connectivity index is 1.68. The van der Waals surface area contributed by atoms with Crippen LogP contribution in [0.3, 0.4) is 0 Å². The fourth-order valence-corrected chi connectivity index (χ4v) is 7.45. The molecule has 3 heteroatoms. The third kappa shape index (κ3) is 1.99. The number of hydrogen-bond acceptors (Lipinski definition) is 3. The van der Waals surface area contributed by atoms with Gasteiger partial charge in [0.2, 0.25) is 0 Å². The third-order valence-corrected chi connectivity index (χ3v) is 8.91. The van der Waals surface area contributed by atoms with E-state index < -0.39 is 11.7 Å². The summed E-state index contributed by atoms with van der Waals surface area (Å²) in [5.41, 5.74) is -0.264. The molecule has 23 heavy (non-hydrogen) atoms. The van der Waals surface area contributed by atoms with Crippen LogP contribution >= 0.6 is 0 Å². The van der Waals surface area contributed by atoms with Gasteiger partial charge in [0.1, 0.15) is 6.29 Å². The minimum atomic E-state index is -0.489. The van der Waals surface area contributed by atoms with Gasteiger partial charge in [0, 0.05) is 5.92 Å². The van der Waals surface area contributed by atoms with Crippen LogP contribution < -0.4 is 0 Å². The predicted octanol–water partition coefficient (Wildman–Crippen LogP) is 3.32. The number of aliphatic hydroxyl groups excluding tert-OH is 1. The summed E-state index contributed by atoms with van der Waals surface area (Å²) in [6.45, 7) is 4.67. The van der Waals surface area contributed by atoms with Crippen molar-refractivity contribution in [1.29, 1.82) is 0 Å². The van der Waals surface area contributed by atoms with Gasteiger partial charge in [0.05, 0.1) is 11.7 Å². The Kier molecular flexibility index (Phi) is 3.53. The summed E-state index contributed by atoms with van der Waals surface area (Å²) in [6.07, 6.45) is 9.95. The Morgan fingerprint density at radius 3 is 2.57 bits per heavy atom. The molecule has 0 amide bonds. The van der Waals surface area contributed by atoms with Gasteiger partial charge in [-0.05, 0) is 86.4 Å². The number of rotatable bonds is 1. The molecule has 0 bridgehead atoms. The highest BCUT2D eigenvalue weighted by Gasteiger charge is 2.65. The van der Waals surface area contributed by atoms with E-state index in [0.717, 1.165) is 51.2 Å². The van der Waals surface area contributed by atoms with Crippen LogP contribution in [0.1, 0.15) is 71.6 Å². The molecule has 0 radical (unpaired) electrons. The highest BCUT2D eigenvalue weighted by molar-refractivity contribution is 5.55. The van der Waals surface area contributed by atoms with E-state index in [0.29, 0.717) is 17.8 Å². The van der Waals surface area contributed by atoms with Crippen LogP contribution in [-0.2, 0) is 4.79 Å². The molecule has 4 fully saturated rings. The van der Waals surface area contributed by atoms with Crippen molar-refractivity contribution in [3.63, 3.8) is 0 Å². The van der Waals surface area contributed by atoms with E-state index in [9.17, 15) is 15.0 Å². The van der Waals surface area contributed by atoms with Crippen molar-refractivity contribution in [3.05, 3.63) is 0 Å². The summed E-state index contributed by atoms with van der Waals surface area (Å²) in [6, 6.07) is 0. The zero-order valence-electron chi connectivity index (χ0n) is 14.6. The molecule has 4 aliphatic rings. The first kappa shape index (κ1) is 16.1. The fraction of sp³-hybridized carbons (Fsp3) is 0.950. The molecule has 130 valence electrons. The van der Waals surface area contributed by atoms with Gasteiger partial charge < -0.3 is 15.0 Å². The predicted molar refractivity (Wildman–Crippen MR) is 88.7 cm³/mol. The van der Waals surface area contributed by atoms with Gasteiger partial charge in [0.15, 0.2) is 0 Å². The van der Waals surface area contributed by atoms with Gasteiger partial charge in [-0.3, -0.25) is 0 Å². The van der Waals surface area contributed by atoms with Gasteiger partial charge in [0.25, 0.3) is 0 Å². The molecule has 0 aromatic carbocycles. The summed E-state index contributed by atoms with van der Waals surface area (Å²) in [5.74, 6) is 1.23. The average Bonchev–Trinajstić information content (AvgIpc) is 2.83. The van der Waals surface area contributed by atoms with Gasteiger partial charge in [-0.2, -0.15) is 0 Å². The molecule has 0 heterocycles. The Labute approximate surface area is 139 Å². The van der Waals surface area contributed by atoms with Gasteiger partial charge in [-0.25, -0.2) is 0 Å². The van der Waals surface area contributed by atoms with Crippen molar-refractivity contribution >= 4 is 6.29 Å². The van der Waals surface area contributed by atoms with Crippen LogP contribution in [0.5, 0.6) is 0 Å². The van der Waals surface area contributed by atoms with E-state index in [-0.39, 0.29) is 16.7 Å². The fourth-order valence-electron chi connectivity index (χ4n) is 7.45. The van der Waals surface area contributed by atoms with E-state index in [1.54, 1.807) is 0 Å². The first-order valence-corrected chi connectivity index (χ1v) is 9.70. The van der Waals surface area contributed by atoms with E-state index in [2.05, 4.69) is 13.8 Å². The molecule has 0 spiro atoms. The van der Waals surface area contributed by atoms with Crippen molar-refractivity contribution in [1.82, 2.24) is 0 Å². The Morgan fingerprint density at radius 1 is 1.04 bits per heavy atom. The molecule has 4 rings (SSSR count). The number of aldehydes is 1. The number of fused-ring (bicyclic) bond motifs is 5. The summed E-state index contributed by atoms with van der Waals surface area (Å²) in [5, 5.41) is 21.9. The van der Waals surface area contributed by atoms with Crippen molar-refractivity contribution in [3.8, 4) is 0 Å². The summed E-state index contributed by atoms with van der Waals surface area (Å²) >= 11 is 0. The minimum absolute atomic E-state index is 0.107.